The van der Waals surface area contributed by atoms with Gasteiger partial charge in [0.2, 0.25) is 5.91 Å². The minimum absolute atomic E-state index is 0.0399. The van der Waals surface area contributed by atoms with Crippen LogP contribution in [0.15, 0.2) is 12.1 Å². The van der Waals surface area contributed by atoms with Crippen molar-refractivity contribution in [2.75, 3.05) is 7.05 Å². The van der Waals surface area contributed by atoms with Crippen molar-refractivity contribution in [1.82, 2.24) is 4.90 Å². The maximum absolute atomic E-state index is 11.7. The van der Waals surface area contributed by atoms with E-state index >= 15 is 0 Å². The summed E-state index contributed by atoms with van der Waals surface area (Å²) in [5.41, 5.74) is 5.74. The highest BCUT2D eigenvalue weighted by molar-refractivity contribution is 7.16. The number of nitrogens with two attached hydrogens (primary N) is 1. The predicted molar refractivity (Wildman–Crippen MR) is 68.7 cm³/mol. The first-order valence-corrected chi connectivity index (χ1v) is 6.46. The number of carbonyl (C=O) groups excluding carboxylic acids is 1. The van der Waals surface area contributed by atoms with E-state index in [-0.39, 0.29) is 11.9 Å². The van der Waals surface area contributed by atoms with E-state index in [2.05, 4.69) is 0 Å². The summed E-state index contributed by atoms with van der Waals surface area (Å²) >= 11 is 7.32. The first kappa shape index (κ1) is 13.5. The van der Waals surface area contributed by atoms with Gasteiger partial charge >= 0.3 is 0 Å². The highest BCUT2D eigenvalue weighted by atomic mass is 35.5. The van der Waals surface area contributed by atoms with Crippen molar-refractivity contribution in [3.63, 3.8) is 0 Å². The molecule has 0 spiro atoms. The largest absolute Gasteiger partial charge is 0.341 e. The molecule has 0 bridgehead atoms. The lowest BCUT2D eigenvalue weighted by Crippen LogP contribution is -2.32. The van der Waals surface area contributed by atoms with E-state index in [4.69, 9.17) is 17.3 Å². The highest BCUT2D eigenvalue weighted by Gasteiger charge is 2.13. The lowest BCUT2D eigenvalue weighted by atomic mass is 10.1. The number of thiophene rings is 1. The lowest BCUT2D eigenvalue weighted by Gasteiger charge is -2.18. The molecule has 1 rings (SSSR count). The molecule has 1 unspecified atom stereocenters. The summed E-state index contributed by atoms with van der Waals surface area (Å²) in [6, 6.07) is 3.75. The van der Waals surface area contributed by atoms with Crippen LogP contribution in [-0.4, -0.2) is 23.9 Å². The van der Waals surface area contributed by atoms with E-state index in [0.29, 0.717) is 13.0 Å². The third kappa shape index (κ3) is 4.12. The Morgan fingerprint density at radius 1 is 1.62 bits per heavy atom. The van der Waals surface area contributed by atoms with Crippen LogP contribution >= 0.6 is 22.9 Å². The molecule has 1 aromatic rings. The van der Waals surface area contributed by atoms with E-state index < -0.39 is 0 Å². The van der Waals surface area contributed by atoms with Crippen LogP contribution in [0.1, 0.15) is 24.6 Å². The fraction of sp³-hybridized carbons (Fsp3) is 0.545. The molecule has 2 N–H and O–H groups in total. The Hall–Kier alpha value is -0.580. The fourth-order valence-corrected chi connectivity index (χ4v) is 2.42. The average Bonchev–Trinajstić information content (AvgIpc) is 2.63. The van der Waals surface area contributed by atoms with Gasteiger partial charge in [0.05, 0.1) is 10.9 Å². The molecule has 16 heavy (non-hydrogen) atoms. The van der Waals surface area contributed by atoms with Crippen molar-refractivity contribution in [3.05, 3.63) is 21.3 Å². The van der Waals surface area contributed by atoms with Crippen LogP contribution in [0.5, 0.6) is 0 Å². The average molecular weight is 261 g/mol. The third-order valence-electron chi connectivity index (χ3n) is 2.41. The number of rotatable bonds is 5. The molecule has 0 aliphatic heterocycles. The van der Waals surface area contributed by atoms with E-state index in [1.165, 1.54) is 11.3 Å². The fourth-order valence-electron chi connectivity index (χ4n) is 1.28. The molecule has 0 saturated carbocycles. The van der Waals surface area contributed by atoms with Crippen molar-refractivity contribution < 1.29 is 4.79 Å². The zero-order valence-corrected chi connectivity index (χ0v) is 11.1. The number of carbonyl (C=O) groups is 1. The van der Waals surface area contributed by atoms with Crippen LogP contribution in [0.4, 0.5) is 0 Å². The second-order valence-corrected chi connectivity index (χ2v) is 5.63. The zero-order chi connectivity index (χ0) is 12.1. The molecule has 0 radical (unpaired) electrons. The Morgan fingerprint density at radius 3 is 2.81 bits per heavy atom. The van der Waals surface area contributed by atoms with Crippen LogP contribution in [-0.2, 0) is 11.3 Å². The number of hydrogen-bond acceptors (Lipinski definition) is 3. The van der Waals surface area contributed by atoms with Gasteiger partial charge in [-0.1, -0.05) is 18.5 Å². The minimum atomic E-state index is -0.0399. The van der Waals surface area contributed by atoms with E-state index in [9.17, 15) is 4.79 Å². The third-order valence-corrected chi connectivity index (χ3v) is 3.62. The van der Waals surface area contributed by atoms with Gasteiger partial charge < -0.3 is 10.6 Å². The first-order chi connectivity index (χ1) is 7.52. The van der Waals surface area contributed by atoms with Gasteiger partial charge in [-0.15, -0.1) is 11.3 Å². The molecule has 1 atom stereocenters. The SMILES string of the molecule is CCC(N)CC(=O)N(C)Cc1ccc(Cl)s1. The molecule has 3 nitrogen and oxygen atoms in total. The molecular formula is C11H17ClN2OS. The Labute approximate surface area is 105 Å². The second kappa shape index (κ2) is 6.23. The predicted octanol–water partition coefficient (Wildman–Crippen LogP) is 2.49. The topological polar surface area (TPSA) is 46.3 Å². The van der Waals surface area contributed by atoms with E-state index in [1.54, 1.807) is 11.9 Å². The summed E-state index contributed by atoms with van der Waals surface area (Å²) in [5, 5.41) is 0. The summed E-state index contributed by atoms with van der Waals surface area (Å²) in [6.45, 7) is 2.59. The molecular weight excluding hydrogens is 244 g/mol. The van der Waals surface area contributed by atoms with Crippen LogP contribution < -0.4 is 5.73 Å². The number of nitrogens with zero attached hydrogens (tertiary/aromatic N) is 1. The molecule has 0 aromatic carbocycles. The quantitative estimate of drug-likeness (QED) is 0.884. The Balaban J connectivity index is 2.45. The molecule has 5 heteroatoms. The molecule has 90 valence electrons. The maximum atomic E-state index is 11.7. The first-order valence-electron chi connectivity index (χ1n) is 5.26. The van der Waals surface area contributed by atoms with Crippen molar-refractivity contribution >= 4 is 28.8 Å². The van der Waals surface area contributed by atoms with Gasteiger partial charge in [0.1, 0.15) is 0 Å². The molecule has 1 aromatic heterocycles. The van der Waals surface area contributed by atoms with Crippen LogP contribution in [0.25, 0.3) is 0 Å². The number of amides is 1. The van der Waals surface area contributed by atoms with Crippen LogP contribution in [0.3, 0.4) is 0 Å². The summed E-state index contributed by atoms with van der Waals surface area (Å²) < 4.78 is 0.751. The standard InChI is InChI=1S/C11H17ClN2OS/c1-3-8(13)6-11(15)14(2)7-9-4-5-10(12)16-9/h4-5,8H,3,6-7,13H2,1-2H3. The molecule has 1 heterocycles. The van der Waals surface area contributed by atoms with Gasteiger partial charge in [0.25, 0.3) is 0 Å². The summed E-state index contributed by atoms with van der Waals surface area (Å²) in [7, 11) is 1.79. The van der Waals surface area contributed by atoms with Crippen LogP contribution in [0.2, 0.25) is 4.34 Å². The normalized spacial score (nSPS) is 12.5. The van der Waals surface area contributed by atoms with Gasteiger partial charge in [-0.05, 0) is 18.6 Å². The monoisotopic (exact) mass is 260 g/mol. The van der Waals surface area contributed by atoms with Crippen molar-refractivity contribution in [2.45, 2.75) is 32.4 Å². The second-order valence-electron chi connectivity index (χ2n) is 3.83. The maximum Gasteiger partial charge on any atom is 0.224 e. The van der Waals surface area contributed by atoms with Crippen molar-refractivity contribution in [1.29, 1.82) is 0 Å². The number of hydrogen-bond donors (Lipinski definition) is 1. The van der Waals surface area contributed by atoms with Gasteiger partial charge in [0.15, 0.2) is 0 Å². The molecule has 0 fully saturated rings. The summed E-state index contributed by atoms with van der Waals surface area (Å²) in [5.74, 6) is 0.0823. The van der Waals surface area contributed by atoms with Crippen molar-refractivity contribution in [2.24, 2.45) is 5.73 Å². The Bertz CT molecular complexity index is 354. The van der Waals surface area contributed by atoms with Crippen LogP contribution in [0, 0.1) is 0 Å². The van der Waals surface area contributed by atoms with Gasteiger partial charge in [-0.3, -0.25) is 4.79 Å². The Kier molecular flexibility index (Phi) is 5.25. The van der Waals surface area contributed by atoms with E-state index in [1.807, 2.05) is 19.1 Å². The van der Waals surface area contributed by atoms with Gasteiger partial charge in [-0.25, -0.2) is 0 Å². The van der Waals surface area contributed by atoms with Gasteiger partial charge in [-0.2, -0.15) is 0 Å². The highest BCUT2D eigenvalue weighted by Crippen LogP contribution is 2.22. The summed E-state index contributed by atoms with van der Waals surface area (Å²) in [6.07, 6.45) is 1.23. The van der Waals surface area contributed by atoms with E-state index in [0.717, 1.165) is 15.6 Å². The molecule has 0 saturated heterocycles. The Morgan fingerprint density at radius 2 is 2.31 bits per heavy atom. The zero-order valence-electron chi connectivity index (χ0n) is 9.57. The van der Waals surface area contributed by atoms with Crippen molar-refractivity contribution in [3.8, 4) is 0 Å². The molecule has 1 amide bonds. The molecule has 0 aliphatic rings. The number of halogens is 1. The lowest BCUT2D eigenvalue weighted by molar-refractivity contribution is -0.130. The van der Waals surface area contributed by atoms with Gasteiger partial charge in [0, 0.05) is 24.4 Å². The smallest absolute Gasteiger partial charge is 0.224 e. The minimum Gasteiger partial charge on any atom is -0.341 e. The molecule has 0 aliphatic carbocycles. The summed E-state index contributed by atoms with van der Waals surface area (Å²) in [4.78, 5) is 14.5.